The third kappa shape index (κ3) is 3.74. The van der Waals surface area contributed by atoms with Crippen LogP contribution in [-0.2, 0) is 16.6 Å². The maximum Gasteiger partial charge on any atom is 0.243 e. The van der Waals surface area contributed by atoms with Gasteiger partial charge in [-0.3, -0.25) is 0 Å². The zero-order valence-electron chi connectivity index (χ0n) is 13.5. The van der Waals surface area contributed by atoms with Gasteiger partial charge in [-0.05, 0) is 18.2 Å². The number of halogens is 2. The summed E-state index contributed by atoms with van der Waals surface area (Å²) in [7, 11) is -2.54. The average Bonchev–Trinajstić information content (AvgIpc) is 2.81. The van der Waals surface area contributed by atoms with Crippen molar-refractivity contribution in [1.29, 1.82) is 0 Å². The minimum atomic E-state index is -3.87. The molecular formula is C17H17F2NO4S. The van der Waals surface area contributed by atoms with E-state index in [1.54, 1.807) is 6.07 Å². The Morgan fingerprint density at radius 2 is 1.76 bits per heavy atom. The van der Waals surface area contributed by atoms with Gasteiger partial charge in [-0.25, -0.2) is 17.2 Å². The molecule has 0 bridgehead atoms. The predicted octanol–water partition coefficient (Wildman–Crippen LogP) is 2.95. The zero-order valence-corrected chi connectivity index (χ0v) is 14.4. The summed E-state index contributed by atoms with van der Waals surface area (Å²) in [5, 5.41) is 0. The molecule has 3 rings (SSSR count). The van der Waals surface area contributed by atoms with Crippen molar-refractivity contribution in [3.8, 4) is 11.5 Å². The van der Waals surface area contributed by atoms with Crippen LogP contribution >= 0.6 is 0 Å². The molecule has 8 heteroatoms. The van der Waals surface area contributed by atoms with E-state index in [2.05, 4.69) is 0 Å². The van der Waals surface area contributed by atoms with Gasteiger partial charge in [-0.1, -0.05) is 6.07 Å². The average molecular weight is 369 g/mol. The third-order valence-electron chi connectivity index (χ3n) is 3.84. The highest BCUT2D eigenvalue weighted by atomic mass is 32.2. The van der Waals surface area contributed by atoms with E-state index in [0.29, 0.717) is 31.1 Å². The van der Waals surface area contributed by atoms with E-state index in [-0.39, 0.29) is 17.0 Å². The molecule has 0 spiro atoms. The molecule has 0 fully saturated rings. The van der Waals surface area contributed by atoms with Gasteiger partial charge < -0.3 is 9.47 Å². The molecule has 0 radical (unpaired) electrons. The van der Waals surface area contributed by atoms with E-state index in [1.807, 2.05) is 0 Å². The van der Waals surface area contributed by atoms with Gasteiger partial charge in [0.25, 0.3) is 0 Å². The van der Waals surface area contributed by atoms with Gasteiger partial charge in [0.15, 0.2) is 11.5 Å². The molecule has 134 valence electrons. The number of benzene rings is 2. The van der Waals surface area contributed by atoms with Crippen LogP contribution in [0.25, 0.3) is 0 Å². The molecule has 2 aromatic carbocycles. The van der Waals surface area contributed by atoms with Gasteiger partial charge in [0, 0.05) is 37.7 Å². The van der Waals surface area contributed by atoms with Crippen molar-refractivity contribution in [3.63, 3.8) is 0 Å². The molecule has 1 aliphatic heterocycles. The topological polar surface area (TPSA) is 55.8 Å². The van der Waals surface area contributed by atoms with Crippen molar-refractivity contribution in [3.05, 3.63) is 53.6 Å². The maximum absolute atomic E-state index is 13.8. The van der Waals surface area contributed by atoms with Crippen LogP contribution in [0.5, 0.6) is 11.5 Å². The lowest BCUT2D eigenvalue weighted by Crippen LogP contribution is -2.27. The predicted molar refractivity (Wildman–Crippen MR) is 87.1 cm³/mol. The van der Waals surface area contributed by atoms with E-state index in [4.69, 9.17) is 9.47 Å². The van der Waals surface area contributed by atoms with Gasteiger partial charge in [0.2, 0.25) is 10.0 Å². The number of fused-ring (bicyclic) bond motifs is 1. The summed E-state index contributed by atoms with van der Waals surface area (Å²) in [5.41, 5.74) is 0.0850. The van der Waals surface area contributed by atoms with Crippen LogP contribution in [0.15, 0.2) is 41.3 Å². The highest BCUT2D eigenvalue weighted by Crippen LogP contribution is 2.33. The lowest BCUT2D eigenvalue weighted by molar-refractivity contribution is 0.297. The second-order valence-corrected chi connectivity index (χ2v) is 7.70. The van der Waals surface area contributed by atoms with Crippen LogP contribution in [0.4, 0.5) is 8.78 Å². The fourth-order valence-corrected chi connectivity index (χ4v) is 3.62. The second kappa shape index (κ2) is 6.97. The Morgan fingerprint density at radius 3 is 2.48 bits per heavy atom. The fraction of sp³-hybridized carbons (Fsp3) is 0.294. The monoisotopic (exact) mass is 369 g/mol. The number of ether oxygens (including phenoxy) is 2. The van der Waals surface area contributed by atoms with Crippen molar-refractivity contribution in [2.24, 2.45) is 0 Å². The first-order valence-corrected chi connectivity index (χ1v) is 9.12. The summed E-state index contributed by atoms with van der Waals surface area (Å²) < 4.78 is 64.2. The first kappa shape index (κ1) is 17.6. The number of rotatable bonds is 4. The molecule has 1 aliphatic rings. The minimum Gasteiger partial charge on any atom is -0.490 e. The zero-order chi connectivity index (χ0) is 18.0. The first-order valence-electron chi connectivity index (χ1n) is 7.68. The van der Waals surface area contributed by atoms with Crippen molar-refractivity contribution < 1.29 is 26.7 Å². The molecule has 25 heavy (non-hydrogen) atoms. The highest BCUT2D eigenvalue weighted by Gasteiger charge is 2.24. The van der Waals surface area contributed by atoms with Crippen LogP contribution in [0.3, 0.4) is 0 Å². The molecule has 0 aromatic heterocycles. The normalized spacial score (nSPS) is 14.4. The van der Waals surface area contributed by atoms with Crippen LogP contribution in [-0.4, -0.2) is 33.0 Å². The van der Waals surface area contributed by atoms with Crippen molar-refractivity contribution in [2.75, 3.05) is 20.3 Å². The molecule has 0 atom stereocenters. The van der Waals surface area contributed by atoms with E-state index in [1.165, 1.54) is 25.2 Å². The molecule has 0 amide bonds. The Kier molecular flexibility index (Phi) is 4.91. The molecule has 0 saturated carbocycles. The van der Waals surface area contributed by atoms with E-state index in [9.17, 15) is 17.2 Å². The molecule has 1 heterocycles. The highest BCUT2D eigenvalue weighted by molar-refractivity contribution is 7.89. The van der Waals surface area contributed by atoms with Crippen molar-refractivity contribution >= 4 is 10.0 Å². The molecule has 0 unspecified atom stereocenters. The summed E-state index contributed by atoms with van der Waals surface area (Å²) in [4.78, 5) is 0.0155. The van der Waals surface area contributed by atoms with Crippen molar-refractivity contribution in [1.82, 2.24) is 4.31 Å². The van der Waals surface area contributed by atoms with Gasteiger partial charge in [0.1, 0.15) is 11.6 Å². The first-order chi connectivity index (χ1) is 11.9. The summed E-state index contributed by atoms with van der Waals surface area (Å²) in [6, 6.07) is 7.40. The van der Waals surface area contributed by atoms with Crippen LogP contribution in [0.2, 0.25) is 0 Å². The summed E-state index contributed by atoms with van der Waals surface area (Å²) in [6.07, 6.45) is 0.709. The van der Waals surface area contributed by atoms with E-state index >= 15 is 0 Å². The Labute approximate surface area is 144 Å². The van der Waals surface area contributed by atoms with Crippen LogP contribution in [0.1, 0.15) is 12.0 Å². The van der Waals surface area contributed by atoms with Gasteiger partial charge >= 0.3 is 0 Å². The Bertz CT molecular complexity index is 886. The fourth-order valence-electron chi connectivity index (χ4n) is 2.46. The Morgan fingerprint density at radius 1 is 1.04 bits per heavy atom. The van der Waals surface area contributed by atoms with E-state index < -0.39 is 21.7 Å². The number of sulfonamides is 1. The number of nitrogens with zero attached hydrogens (tertiary/aromatic N) is 1. The largest absolute Gasteiger partial charge is 0.490 e. The smallest absolute Gasteiger partial charge is 0.243 e. The Balaban J connectivity index is 1.86. The van der Waals surface area contributed by atoms with Crippen LogP contribution in [0, 0.1) is 11.6 Å². The summed E-state index contributed by atoms with van der Waals surface area (Å²) in [6.45, 7) is 0.721. The summed E-state index contributed by atoms with van der Waals surface area (Å²) >= 11 is 0. The SMILES string of the molecule is CN(Cc1ccc(F)cc1F)S(=O)(=O)c1ccc2c(c1)OCCCO2. The molecule has 0 N–H and O–H groups in total. The van der Waals surface area contributed by atoms with Gasteiger partial charge in [-0.2, -0.15) is 4.31 Å². The molecule has 0 aliphatic carbocycles. The Hall–Kier alpha value is -2.19. The maximum atomic E-state index is 13.8. The van der Waals surface area contributed by atoms with Gasteiger partial charge in [0.05, 0.1) is 18.1 Å². The van der Waals surface area contributed by atoms with Crippen LogP contribution < -0.4 is 9.47 Å². The molecular weight excluding hydrogens is 352 g/mol. The number of hydrogen-bond acceptors (Lipinski definition) is 4. The van der Waals surface area contributed by atoms with E-state index in [0.717, 1.165) is 16.4 Å². The lowest BCUT2D eigenvalue weighted by Gasteiger charge is -2.18. The quantitative estimate of drug-likeness (QED) is 0.832. The molecule has 2 aromatic rings. The lowest BCUT2D eigenvalue weighted by atomic mass is 10.2. The minimum absolute atomic E-state index is 0.0155. The standard InChI is InChI=1S/C17H17F2NO4S/c1-20(11-12-3-4-13(18)9-15(12)19)25(21,22)14-5-6-16-17(10-14)24-8-2-7-23-16/h3-6,9-10H,2,7-8,11H2,1H3. The third-order valence-corrected chi connectivity index (χ3v) is 5.63. The van der Waals surface area contributed by atoms with Gasteiger partial charge in [-0.15, -0.1) is 0 Å². The number of hydrogen-bond donors (Lipinski definition) is 0. The van der Waals surface area contributed by atoms with Crippen molar-refractivity contribution in [2.45, 2.75) is 17.9 Å². The summed E-state index contributed by atoms with van der Waals surface area (Å²) in [5.74, 6) is -0.654. The molecule has 5 nitrogen and oxygen atoms in total. The second-order valence-electron chi connectivity index (χ2n) is 5.66. The molecule has 0 saturated heterocycles.